The third-order valence-electron chi connectivity index (χ3n) is 4.32. The fraction of sp³-hybridized carbons (Fsp3) is 0.278. The van der Waals surface area contributed by atoms with Crippen LogP contribution in [0.5, 0.6) is 0 Å². The zero-order valence-corrected chi connectivity index (χ0v) is 12.2. The predicted octanol–water partition coefficient (Wildman–Crippen LogP) is 3.64. The Kier molecular flexibility index (Phi) is 2.92. The monoisotopic (exact) mass is 277 g/mol. The van der Waals surface area contributed by atoms with Crippen molar-refractivity contribution in [2.75, 3.05) is 5.32 Å². The van der Waals surface area contributed by atoms with Gasteiger partial charge in [0.2, 0.25) is 0 Å². The van der Waals surface area contributed by atoms with Gasteiger partial charge in [0, 0.05) is 24.7 Å². The van der Waals surface area contributed by atoms with Gasteiger partial charge in [-0.3, -0.25) is 0 Å². The lowest BCUT2D eigenvalue weighted by Crippen LogP contribution is -2.21. The van der Waals surface area contributed by atoms with E-state index in [-0.39, 0.29) is 0 Å². The van der Waals surface area contributed by atoms with Crippen LogP contribution in [0.25, 0.3) is 11.0 Å². The van der Waals surface area contributed by atoms with E-state index in [9.17, 15) is 0 Å². The standard InChI is InChI=1S/C18H19N3/c1-2-21-17-10-6-5-9-16(17)20-18(21)12-14-11-13-7-3-4-8-15(13)19-14/h3-10,14,19H,2,11-12H2,1H3. The van der Waals surface area contributed by atoms with Gasteiger partial charge in [0.15, 0.2) is 0 Å². The van der Waals surface area contributed by atoms with Crippen molar-refractivity contribution in [2.24, 2.45) is 0 Å². The third kappa shape index (κ3) is 2.09. The number of hydrogen-bond donors (Lipinski definition) is 1. The molecule has 0 amide bonds. The van der Waals surface area contributed by atoms with Gasteiger partial charge in [-0.25, -0.2) is 4.98 Å². The van der Waals surface area contributed by atoms with E-state index in [1.807, 2.05) is 0 Å². The largest absolute Gasteiger partial charge is 0.381 e. The highest BCUT2D eigenvalue weighted by atomic mass is 15.1. The summed E-state index contributed by atoms with van der Waals surface area (Å²) >= 11 is 0. The quantitative estimate of drug-likeness (QED) is 0.792. The Labute approximate surface area is 124 Å². The lowest BCUT2D eigenvalue weighted by Gasteiger charge is -2.12. The van der Waals surface area contributed by atoms with Crippen molar-refractivity contribution in [1.82, 2.24) is 9.55 Å². The van der Waals surface area contributed by atoms with E-state index in [1.165, 1.54) is 22.6 Å². The molecule has 0 fully saturated rings. The number of rotatable bonds is 3. The first kappa shape index (κ1) is 12.5. The van der Waals surface area contributed by atoms with Crippen molar-refractivity contribution in [2.45, 2.75) is 32.4 Å². The summed E-state index contributed by atoms with van der Waals surface area (Å²) in [6.45, 7) is 3.16. The van der Waals surface area contributed by atoms with Crippen molar-refractivity contribution in [3.63, 3.8) is 0 Å². The maximum atomic E-state index is 4.83. The van der Waals surface area contributed by atoms with Crippen LogP contribution in [0.3, 0.4) is 0 Å². The molecule has 4 rings (SSSR count). The first-order valence-electron chi connectivity index (χ1n) is 7.63. The molecule has 21 heavy (non-hydrogen) atoms. The summed E-state index contributed by atoms with van der Waals surface area (Å²) in [6, 6.07) is 17.4. The van der Waals surface area contributed by atoms with Gasteiger partial charge >= 0.3 is 0 Å². The molecule has 1 aliphatic rings. The minimum atomic E-state index is 0.449. The molecule has 0 saturated carbocycles. The normalized spacial score (nSPS) is 16.9. The lowest BCUT2D eigenvalue weighted by molar-refractivity contribution is 0.652. The molecular formula is C18H19N3. The minimum Gasteiger partial charge on any atom is -0.381 e. The number of aryl methyl sites for hydroxylation is 1. The molecule has 1 N–H and O–H groups in total. The summed E-state index contributed by atoms with van der Waals surface area (Å²) in [6.07, 6.45) is 2.06. The fourth-order valence-electron chi connectivity index (χ4n) is 3.35. The Morgan fingerprint density at radius 1 is 1.14 bits per heavy atom. The maximum absolute atomic E-state index is 4.83. The molecule has 0 aliphatic carbocycles. The van der Waals surface area contributed by atoms with Crippen molar-refractivity contribution in [3.05, 3.63) is 59.9 Å². The molecule has 1 aliphatic heterocycles. The number of para-hydroxylation sites is 3. The van der Waals surface area contributed by atoms with Crippen LogP contribution in [-0.4, -0.2) is 15.6 Å². The van der Waals surface area contributed by atoms with Crippen LogP contribution in [0.2, 0.25) is 0 Å². The Bertz CT molecular complexity index is 763. The van der Waals surface area contributed by atoms with Gasteiger partial charge < -0.3 is 9.88 Å². The molecule has 1 aromatic heterocycles. The van der Waals surface area contributed by atoms with E-state index in [2.05, 4.69) is 65.3 Å². The van der Waals surface area contributed by atoms with E-state index >= 15 is 0 Å². The summed E-state index contributed by atoms with van der Waals surface area (Å²) < 4.78 is 2.33. The van der Waals surface area contributed by atoms with Crippen molar-refractivity contribution in [1.29, 1.82) is 0 Å². The number of benzene rings is 2. The van der Waals surface area contributed by atoms with Gasteiger partial charge in [-0.2, -0.15) is 0 Å². The number of imidazole rings is 1. The molecule has 0 radical (unpaired) electrons. The van der Waals surface area contributed by atoms with Crippen molar-refractivity contribution >= 4 is 16.7 Å². The van der Waals surface area contributed by atoms with E-state index in [4.69, 9.17) is 4.98 Å². The molecule has 1 unspecified atom stereocenters. The average Bonchev–Trinajstić information content (AvgIpc) is 3.06. The molecular weight excluding hydrogens is 258 g/mol. The third-order valence-corrected chi connectivity index (χ3v) is 4.32. The predicted molar refractivity (Wildman–Crippen MR) is 86.7 cm³/mol. The van der Waals surface area contributed by atoms with Gasteiger partial charge in [0.25, 0.3) is 0 Å². The first-order valence-corrected chi connectivity index (χ1v) is 7.63. The fourth-order valence-corrected chi connectivity index (χ4v) is 3.35. The molecule has 0 saturated heterocycles. The highest BCUT2D eigenvalue weighted by Gasteiger charge is 2.22. The zero-order chi connectivity index (χ0) is 14.2. The highest BCUT2D eigenvalue weighted by molar-refractivity contribution is 5.76. The van der Waals surface area contributed by atoms with E-state index in [1.54, 1.807) is 0 Å². The van der Waals surface area contributed by atoms with Crippen LogP contribution >= 0.6 is 0 Å². The number of aromatic nitrogens is 2. The van der Waals surface area contributed by atoms with Crippen LogP contribution < -0.4 is 5.32 Å². The molecule has 0 spiro atoms. The molecule has 3 aromatic rings. The van der Waals surface area contributed by atoms with Gasteiger partial charge in [0.05, 0.1) is 11.0 Å². The second-order valence-electron chi connectivity index (χ2n) is 5.67. The Morgan fingerprint density at radius 3 is 2.81 bits per heavy atom. The summed E-state index contributed by atoms with van der Waals surface area (Å²) in [5.41, 5.74) is 5.04. The molecule has 2 aromatic carbocycles. The molecule has 3 heteroatoms. The zero-order valence-electron chi connectivity index (χ0n) is 12.2. The van der Waals surface area contributed by atoms with Gasteiger partial charge in [-0.1, -0.05) is 30.3 Å². The van der Waals surface area contributed by atoms with E-state index in [0.717, 1.165) is 24.9 Å². The van der Waals surface area contributed by atoms with E-state index in [0.29, 0.717) is 6.04 Å². The molecule has 3 nitrogen and oxygen atoms in total. The number of hydrogen-bond acceptors (Lipinski definition) is 2. The molecule has 2 heterocycles. The second-order valence-corrected chi connectivity index (χ2v) is 5.67. The number of nitrogens with zero attached hydrogens (tertiary/aromatic N) is 2. The number of anilines is 1. The summed E-state index contributed by atoms with van der Waals surface area (Å²) in [7, 11) is 0. The van der Waals surface area contributed by atoms with Crippen LogP contribution in [0.15, 0.2) is 48.5 Å². The van der Waals surface area contributed by atoms with Crippen LogP contribution in [0.1, 0.15) is 18.3 Å². The molecule has 0 bridgehead atoms. The Morgan fingerprint density at radius 2 is 1.95 bits per heavy atom. The average molecular weight is 277 g/mol. The highest BCUT2D eigenvalue weighted by Crippen LogP contribution is 2.27. The van der Waals surface area contributed by atoms with Crippen LogP contribution in [-0.2, 0) is 19.4 Å². The molecule has 1 atom stereocenters. The van der Waals surface area contributed by atoms with Gasteiger partial charge in [0.1, 0.15) is 5.82 Å². The SMILES string of the molecule is CCn1c(CC2Cc3ccccc3N2)nc2ccccc21. The summed E-state index contributed by atoms with van der Waals surface area (Å²) in [5.74, 6) is 1.18. The van der Waals surface area contributed by atoms with Crippen molar-refractivity contribution < 1.29 is 0 Å². The Balaban J connectivity index is 1.64. The summed E-state index contributed by atoms with van der Waals surface area (Å²) in [5, 5.41) is 3.63. The molecule has 106 valence electrons. The topological polar surface area (TPSA) is 29.9 Å². The smallest absolute Gasteiger partial charge is 0.111 e. The second kappa shape index (κ2) is 4.92. The van der Waals surface area contributed by atoms with E-state index < -0.39 is 0 Å². The first-order chi connectivity index (χ1) is 10.3. The maximum Gasteiger partial charge on any atom is 0.111 e. The lowest BCUT2D eigenvalue weighted by atomic mass is 10.1. The number of nitrogens with one attached hydrogen (secondary N) is 1. The van der Waals surface area contributed by atoms with Crippen LogP contribution in [0, 0.1) is 0 Å². The minimum absolute atomic E-state index is 0.449. The number of fused-ring (bicyclic) bond motifs is 2. The summed E-state index contributed by atoms with van der Waals surface area (Å²) in [4.78, 5) is 4.83. The van der Waals surface area contributed by atoms with Crippen molar-refractivity contribution in [3.8, 4) is 0 Å². The van der Waals surface area contributed by atoms with Gasteiger partial charge in [-0.15, -0.1) is 0 Å². The van der Waals surface area contributed by atoms with Crippen LogP contribution in [0.4, 0.5) is 5.69 Å². The van der Waals surface area contributed by atoms with Gasteiger partial charge in [-0.05, 0) is 37.1 Å². The Hall–Kier alpha value is -2.29.